The number of nitrogens with zero attached hydrogens (tertiary/aromatic N) is 1. The third kappa shape index (κ3) is 3.87. The van der Waals surface area contributed by atoms with Crippen LogP contribution in [0.25, 0.3) is 60.5 Å². The number of aromatic nitrogens is 1. The lowest BCUT2D eigenvalue weighted by molar-refractivity contribution is 0.467. The Morgan fingerprint density at radius 2 is 1.02 bits per heavy atom. The molecule has 1 aromatic heterocycles. The zero-order valence-electron chi connectivity index (χ0n) is 27.0. The fourth-order valence-electron chi connectivity index (χ4n) is 8.33. The van der Waals surface area contributed by atoms with E-state index in [1.807, 2.05) is 0 Å². The molecule has 3 nitrogen and oxygen atoms in total. The van der Waals surface area contributed by atoms with E-state index in [4.69, 9.17) is 9.47 Å². The summed E-state index contributed by atoms with van der Waals surface area (Å²) in [7, 11) is 0. The van der Waals surface area contributed by atoms with Crippen LogP contribution in [-0.4, -0.2) is 11.3 Å². The Labute approximate surface area is 289 Å². The highest BCUT2D eigenvalue weighted by Crippen LogP contribution is 2.47. The maximum atomic E-state index is 7.23. The Hall–Kier alpha value is -6.52. The summed E-state index contributed by atoms with van der Waals surface area (Å²) in [5, 5.41) is 4.80. The van der Waals surface area contributed by atoms with Crippen molar-refractivity contribution in [2.75, 3.05) is 0 Å². The number of hydrogen-bond acceptors (Lipinski definition) is 2. The van der Waals surface area contributed by atoms with E-state index in [0.717, 1.165) is 67.4 Å². The number of para-hydroxylation sites is 2. The minimum absolute atomic E-state index is 0.118. The summed E-state index contributed by atoms with van der Waals surface area (Å²) in [5.41, 5.74) is 11.1. The van der Waals surface area contributed by atoms with E-state index in [1.165, 1.54) is 32.5 Å². The number of rotatable bonds is 3. The molecule has 0 radical (unpaired) electrons. The SMILES string of the molecule is c1ccc(-c2cc(-c3ccccc3)c3c4c2Oc2cc5c(cc2B4c2c(ccc4ccccc24)O3)c2ccccc2n5-c2ccccc2)cc1. The molecule has 0 saturated carbocycles. The Balaban J connectivity index is 1.29. The van der Waals surface area contributed by atoms with E-state index >= 15 is 0 Å². The average Bonchev–Trinajstić information content (AvgIpc) is 3.51. The van der Waals surface area contributed by atoms with Crippen LogP contribution >= 0.6 is 0 Å². The molecule has 232 valence electrons. The first-order chi connectivity index (χ1) is 24.8. The molecule has 50 heavy (non-hydrogen) atoms. The summed E-state index contributed by atoms with van der Waals surface area (Å²) in [6, 6.07) is 60.4. The lowest BCUT2D eigenvalue weighted by atomic mass is 9.34. The van der Waals surface area contributed by atoms with Gasteiger partial charge in [-0.3, -0.25) is 0 Å². The lowest BCUT2D eigenvalue weighted by Gasteiger charge is -2.36. The maximum Gasteiger partial charge on any atom is 0.261 e. The Kier molecular flexibility index (Phi) is 5.76. The normalized spacial score (nSPS) is 12.7. The highest BCUT2D eigenvalue weighted by molar-refractivity contribution is 7.00. The van der Waals surface area contributed by atoms with Crippen LogP contribution < -0.4 is 25.9 Å². The van der Waals surface area contributed by atoms with Crippen LogP contribution in [0.1, 0.15) is 0 Å². The van der Waals surface area contributed by atoms with Gasteiger partial charge in [0.05, 0.1) is 11.0 Å². The van der Waals surface area contributed by atoms with Gasteiger partial charge in [-0.05, 0) is 63.2 Å². The first kappa shape index (κ1) is 27.4. The van der Waals surface area contributed by atoms with Crippen LogP contribution in [0.5, 0.6) is 23.0 Å². The third-order valence-corrected chi connectivity index (χ3v) is 10.5. The molecule has 0 atom stereocenters. The summed E-state index contributed by atoms with van der Waals surface area (Å²) >= 11 is 0. The van der Waals surface area contributed by atoms with Gasteiger partial charge in [-0.25, -0.2) is 0 Å². The number of ether oxygens (including phenoxy) is 2. The van der Waals surface area contributed by atoms with Crippen molar-refractivity contribution in [3.8, 4) is 50.9 Å². The molecule has 8 aromatic carbocycles. The molecule has 11 rings (SSSR count). The molecule has 0 unspecified atom stereocenters. The molecule has 3 heterocycles. The molecule has 0 saturated heterocycles. The zero-order chi connectivity index (χ0) is 32.8. The van der Waals surface area contributed by atoms with Crippen molar-refractivity contribution in [1.29, 1.82) is 0 Å². The Morgan fingerprint density at radius 3 is 1.74 bits per heavy atom. The van der Waals surface area contributed by atoms with Crippen LogP contribution in [0.15, 0.2) is 170 Å². The van der Waals surface area contributed by atoms with E-state index in [1.54, 1.807) is 0 Å². The monoisotopic (exact) mass is 637 g/mol. The van der Waals surface area contributed by atoms with Crippen molar-refractivity contribution in [2.24, 2.45) is 0 Å². The van der Waals surface area contributed by atoms with Crippen molar-refractivity contribution in [3.05, 3.63) is 170 Å². The van der Waals surface area contributed by atoms with Gasteiger partial charge in [0, 0.05) is 39.1 Å². The minimum atomic E-state index is -0.118. The van der Waals surface area contributed by atoms with Gasteiger partial charge in [-0.2, -0.15) is 0 Å². The number of benzene rings is 8. The second-order valence-electron chi connectivity index (χ2n) is 13.2. The van der Waals surface area contributed by atoms with Gasteiger partial charge in [0.15, 0.2) is 0 Å². The maximum absolute atomic E-state index is 7.23. The summed E-state index contributed by atoms with van der Waals surface area (Å²) < 4.78 is 16.6. The van der Waals surface area contributed by atoms with E-state index in [0.29, 0.717) is 0 Å². The standard InChI is InChI=1S/C46H28BNO2/c1-4-14-29(15-5-1)35-26-36(30-16-6-2-7-17-30)46-44-45(35)49-41-25-24-31-18-10-11-21-33(31)43(41)47(44)38-27-37-34-22-12-13-23-39(34)48(32-19-8-3-9-20-32)40(37)28-42(38)50-46/h1-28H. The Bertz CT molecular complexity index is 2810. The van der Waals surface area contributed by atoms with Crippen molar-refractivity contribution < 1.29 is 9.47 Å². The second-order valence-corrected chi connectivity index (χ2v) is 13.2. The lowest BCUT2D eigenvalue weighted by Crippen LogP contribution is -2.57. The van der Waals surface area contributed by atoms with Crippen molar-refractivity contribution in [2.45, 2.75) is 0 Å². The highest BCUT2D eigenvalue weighted by Gasteiger charge is 2.44. The second kappa shape index (κ2) is 10.5. The van der Waals surface area contributed by atoms with Crippen LogP contribution in [0, 0.1) is 0 Å². The smallest absolute Gasteiger partial charge is 0.261 e. The molecule has 0 N–H and O–H groups in total. The van der Waals surface area contributed by atoms with Crippen molar-refractivity contribution in [1.82, 2.24) is 4.57 Å². The summed E-state index contributed by atoms with van der Waals surface area (Å²) in [6.45, 7) is -0.118. The fourth-order valence-corrected chi connectivity index (χ4v) is 8.33. The highest BCUT2D eigenvalue weighted by atomic mass is 16.5. The molecule has 0 bridgehead atoms. The summed E-state index contributed by atoms with van der Waals surface area (Å²) in [6.07, 6.45) is 0. The van der Waals surface area contributed by atoms with Crippen LogP contribution in [-0.2, 0) is 0 Å². The van der Waals surface area contributed by atoms with E-state index in [-0.39, 0.29) is 6.71 Å². The van der Waals surface area contributed by atoms with Gasteiger partial charge >= 0.3 is 0 Å². The largest absolute Gasteiger partial charge is 0.458 e. The van der Waals surface area contributed by atoms with E-state index < -0.39 is 0 Å². The van der Waals surface area contributed by atoms with Gasteiger partial charge in [-0.15, -0.1) is 0 Å². The molecule has 0 amide bonds. The first-order valence-corrected chi connectivity index (χ1v) is 17.1. The molecule has 0 spiro atoms. The van der Waals surface area contributed by atoms with Crippen molar-refractivity contribution >= 4 is 55.7 Å². The van der Waals surface area contributed by atoms with E-state index in [9.17, 15) is 0 Å². The average molecular weight is 638 g/mol. The van der Waals surface area contributed by atoms with Gasteiger partial charge in [-0.1, -0.05) is 133 Å². The molecule has 4 heteroatoms. The molecular weight excluding hydrogens is 609 g/mol. The molecule has 2 aliphatic heterocycles. The van der Waals surface area contributed by atoms with Crippen LogP contribution in [0.2, 0.25) is 0 Å². The quantitative estimate of drug-likeness (QED) is 0.180. The van der Waals surface area contributed by atoms with Gasteiger partial charge in [0.25, 0.3) is 6.71 Å². The third-order valence-electron chi connectivity index (χ3n) is 10.5. The summed E-state index contributed by atoms with van der Waals surface area (Å²) in [5.74, 6) is 3.46. The van der Waals surface area contributed by atoms with Gasteiger partial charge < -0.3 is 14.0 Å². The molecule has 0 aliphatic carbocycles. The molecule has 0 fully saturated rings. The fraction of sp³-hybridized carbons (Fsp3) is 0. The molecule has 9 aromatic rings. The van der Waals surface area contributed by atoms with Crippen molar-refractivity contribution in [3.63, 3.8) is 0 Å². The van der Waals surface area contributed by atoms with E-state index in [2.05, 4.69) is 174 Å². The molecule has 2 aliphatic rings. The zero-order valence-corrected chi connectivity index (χ0v) is 27.0. The van der Waals surface area contributed by atoms with Gasteiger partial charge in [0.1, 0.15) is 23.0 Å². The summed E-state index contributed by atoms with van der Waals surface area (Å²) in [4.78, 5) is 0. The minimum Gasteiger partial charge on any atom is -0.458 e. The predicted octanol–water partition coefficient (Wildman–Crippen LogP) is 10.00. The van der Waals surface area contributed by atoms with Crippen LogP contribution in [0.3, 0.4) is 0 Å². The predicted molar refractivity (Wildman–Crippen MR) is 207 cm³/mol. The first-order valence-electron chi connectivity index (χ1n) is 17.1. The molecular formula is C46H28BNO2. The number of hydrogen-bond donors (Lipinski definition) is 0. The van der Waals surface area contributed by atoms with Gasteiger partial charge in [0.2, 0.25) is 0 Å². The topological polar surface area (TPSA) is 23.4 Å². The van der Waals surface area contributed by atoms with Crippen LogP contribution in [0.4, 0.5) is 0 Å². The number of fused-ring (bicyclic) bond motifs is 9. The Morgan fingerprint density at radius 1 is 0.420 bits per heavy atom.